The molecule has 0 aromatic heterocycles. The van der Waals surface area contributed by atoms with Gasteiger partial charge in [-0.05, 0) is 55.5 Å². The predicted molar refractivity (Wildman–Crippen MR) is 145 cm³/mol. The van der Waals surface area contributed by atoms with Crippen molar-refractivity contribution in [2.45, 2.75) is 52.5 Å². The lowest BCUT2D eigenvalue weighted by Gasteiger charge is -2.33. The van der Waals surface area contributed by atoms with Gasteiger partial charge in [-0.2, -0.15) is 0 Å². The number of anilines is 1. The Labute approximate surface area is 218 Å². The molecule has 0 aliphatic heterocycles. The highest BCUT2D eigenvalue weighted by atomic mass is 79.9. The van der Waals surface area contributed by atoms with Gasteiger partial charge < -0.3 is 10.2 Å². The summed E-state index contributed by atoms with van der Waals surface area (Å²) in [5.41, 5.74) is 2.30. The molecule has 0 radical (unpaired) electrons. The predicted octanol–water partition coefficient (Wildman–Crippen LogP) is 4.29. The molecule has 1 atom stereocenters. The van der Waals surface area contributed by atoms with E-state index in [0.717, 1.165) is 39.0 Å². The van der Waals surface area contributed by atoms with Crippen molar-refractivity contribution in [3.8, 4) is 0 Å². The van der Waals surface area contributed by atoms with Crippen molar-refractivity contribution in [2.75, 3.05) is 30.2 Å². The lowest BCUT2D eigenvalue weighted by atomic mass is 10.1. The minimum Gasteiger partial charge on any atom is -0.354 e. The highest BCUT2D eigenvalue weighted by Crippen LogP contribution is 2.25. The number of rotatable bonds is 13. The van der Waals surface area contributed by atoms with Crippen molar-refractivity contribution >= 4 is 43.5 Å². The first-order valence-corrected chi connectivity index (χ1v) is 14.6. The van der Waals surface area contributed by atoms with Gasteiger partial charge in [-0.3, -0.25) is 13.9 Å². The number of aryl methyl sites for hydroxylation is 1. The molecule has 1 N–H and O–H groups in total. The molecule has 2 aromatic rings. The molecule has 2 aromatic carbocycles. The molecular formula is C26H36BrN3O4S. The molecule has 0 spiro atoms. The Morgan fingerprint density at radius 2 is 1.77 bits per heavy atom. The van der Waals surface area contributed by atoms with E-state index in [1.54, 1.807) is 18.2 Å². The van der Waals surface area contributed by atoms with Gasteiger partial charge in [-0.15, -0.1) is 0 Å². The van der Waals surface area contributed by atoms with Gasteiger partial charge >= 0.3 is 0 Å². The third kappa shape index (κ3) is 8.65. The largest absolute Gasteiger partial charge is 0.354 e. The zero-order valence-electron chi connectivity index (χ0n) is 21.0. The van der Waals surface area contributed by atoms with Crippen LogP contribution in [0, 0.1) is 6.92 Å². The molecule has 7 nitrogen and oxygen atoms in total. The van der Waals surface area contributed by atoms with Crippen LogP contribution in [0.15, 0.2) is 53.0 Å². The Bertz CT molecular complexity index is 1090. The van der Waals surface area contributed by atoms with Crippen LogP contribution in [0.25, 0.3) is 0 Å². The van der Waals surface area contributed by atoms with Gasteiger partial charge in [0.1, 0.15) is 12.6 Å². The van der Waals surface area contributed by atoms with Gasteiger partial charge in [0.05, 0.1) is 11.9 Å². The smallest absolute Gasteiger partial charge is 0.244 e. The van der Waals surface area contributed by atoms with Crippen molar-refractivity contribution < 1.29 is 18.0 Å². The number of hydrogen-bond donors (Lipinski definition) is 1. The second-order valence-corrected chi connectivity index (χ2v) is 11.4. The van der Waals surface area contributed by atoms with E-state index >= 15 is 0 Å². The number of benzene rings is 2. The van der Waals surface area contributed by atoms with Crippen LogP contribution in [0.2, 0.25) is 0 Å². The molecule has 0 saturated heterocycles. The van der Waals surface area contributed by atoms with Crippen molar-refractivity contribution in [1.29, 1.82) is 0 Å². The average Bonchev–Trinajstić information content (AvgIpc) is 2.82. The van der Waals surface area contributed by atoms with Crippen LogP contribution in [0.4, 0.5) is 5.69 Å². The molecule has 0 fully saturated rings. The molecule has 0 aliphatic rings. The van der Waals surface area contributed by atoms with Gasteiger partial charge in [-0.25, -0.2) is 8.42 Å². The molecule has 0 heterocycles. The van der Waals surface area contributed by atoms with Crippen molar-refractivity contribution in [2.24, 2.45) is 0 Å². The Hall–Kier alpha value is -2.39. The second kappa shape index (κ2) is 13.6. The second-order valence-electron chi connectivity index (χ2n) is 8.59. The monoisotopic (exact) mass is 565 g/mol. The summed E-state index contributed by atoms with van der Waals surface area (Å²) in [6.45, 7) is 6.23. The molecule has 0 aliphatic carbocycles. The average molecular weight is 567 g/mol. The Morgan fingerprint density at radius 1 is 1.09 bits per heavy atom. The molecule has 0 saturated carbocycles. The summed E-state index contributed by atoms with van der Waals surface area (Å²) < 4.78 is 27.3. The molecule has 0 bridgehead atoms. The maximum atomic E-state index is 13.6. The van der Waals surface area contributed by atoms with Gasteiger partial charge in [0, 0.05) is 17.6 Å². The summed E-state index contributed by atoms with van der Waals surface area (Å²) in [5.74, 6) is -0.628. The molecule has 2 amide bonds. The van der Waals surface area contributed by atoms with Crippen molar-refractivity contribution in [1.82, 2.24) is 10.2 Å². The van der Waals surface area contributed by atoms with Crippen LogP contribution in [0.3, 0.4) is 0 Å². The Kier molecular flexibility index (Phi) is 11.2. The molecule has 35 heavy (non-hydrogen) atoms. The quantitative estimate of drug-likeness (QED) is 0.367. The number of unbranched alkanes of at least 4 members (excludes halogenated alkanes) is 1. The SMILES string of the molecule is CCCCNC(=O)[C@@H](CC)N(CCc1ccccc1)C(=O)CN(c1ccc(Br)c(C)c1)S(C)(=O)=O. The van der Waals surface area contributed by atoms with Crippen LogP contribution in [-0.2, 0) is 26.0 Å². The van der Waals surface area contributed by atoms with Crippen LogP contribution in [-0.4, -0.2) is 57.1 Å². The zero-order valence-corrected chi connectivity index (χ0v) is 23.4. The van der Waals surface area contributed by atoms with Gasteiger partial charge in [0.15, 0.2) is 0 Å². The van der Waals surface area contributed by atoms with Crippen molar-refractivity contribution in [3.63, 3.8) is 0 Å². The number of carbonyl (C=O) groups is 2. The standard InChI is InChI=1S/C26H36BrN3O4S/c1-5-7-16-28-26(32)24(6-2)29(17-15-21-11-9-8-10-12-21)25(31)19-30(35(4,33)34)22-13-14-23(27)20(3)18-22/h8-14,18,24H,5-7,15-17,19H2,1-4H3,(H,28,32)/t24-/m1/s1. The lowest BCUT2D eigenvalue weighted by molar-refractivity contribution is -0.139. The normalized spacial score (nSPS) is 12.1. The van der Waals surface area contributed by atoms with Crippen LogP contribution >= 0.6 is 15.9 Å². The topological polar surface area (TPSA) is 86.8 Å². The summed E-state index contributed by atoms with van der Waals surface area (Å²) >= 11 is 3.43. The van der Waals surface area contributed by atoms with E-state index in [1.165, 1.54) is 4.90 Å². The number of nitrogens with zero attached hydrogens (tertiary/aromatic N) is 2. The number of halogens is 1. The fourth-order valence-corrected chi connectivity index (χ4v) is 4.89. The molecule has 192 valence electrons. The highest BCUT2D eigenvalue weighted by molar-refractivity contribution is 9.10. The molecular weight excluding hydrogens is 530 g/mol. The Morgan fingerprint density at radius 3 is 2.34 bits per heavy atom. The van der Waals surface area contributed by atoms with E-state index < -0.39 is 22.0 Å². The van der Waals surface area contributed by atoms with Crippen LogP contribution in [0.1, 0.15) is 44.2 Å². The van der Waals surface area contributed by atoms with Crippen LogP contribution in [0.5, 0.6) is 0 Å². The number of hydrogen-bond acceptors (Lipinski definition) is 4. The molecule has 9 heteroatoms. The maximum Gasteiger partial charge on any atom is 0.244 e. The van der Waals surface area contributed by atoms with Crippen molar-refractivity contribution in [3.05, 3.63) is 64.1 Å². The van der Waals surface area contributed by atoms with Gasteiger partial charge in [0.25, 0.3) is 0 Å². The van der Waals surface area contributed by atoms with Crippen LogP contribution < -0.4 is 9.62 Å². The third-order valence-electron chi connectivity index (χ3n) is 5.81. The van der Waals surface area contributed by atoms with E-state index in [9.17, 15) is 18.0 Å². The third-order valence-corrected chi connectivity index (χ3v) is 7.84. The Balaban J connectivity index is 2.34. The zero-order chi connectivity index (χ0) is 26.0. The minimum absolute atomic E-state index is 0.215. The van der Waals surface area contributed by atoms with E-state index in [2.05, 4.69) is 21.2 Å². The summed E-state index contributed by atoms with van der Waals surface area (Å²) in [6, 6.07) is 14.2. The first-order valence-electron chi connectivity index (χ1n) is 11.9. The summed E-state index contributed by atoms with van der Waals surface area (Å²) in [5, 5.41) is 2.93. The first kappa shape index (κ1) is 28.8. The molecule has 2 rings (SSSR count). The molecule has 0 unspecified atom stereocenters. The van der Waals surface area contributed by atoms with E-state index in [4.69, 9.17) is 0 Å². The first-order chi connectivity index (χ1) is 16.6. The van der Waals surface area contributed by atoms with E-state index in [0.29, 0.717) is 31.6 Å². The highest BCUT2D eigenvalue weighted by Gasteiger charge is 2.31. The number of carbonyl (C=O) groups excluding carboxylic acids is 2. The van der Waals surface area contributed by atoms with Gasteiger partial charge in [-0.1, -0.05) is 66.5 Å². The minimum atomic E-state index is -3.74. The number of sulfonamides is 1. The fraction of sp³-hybridized carbons (Fsp3) is 0.462. The lowest BCUT2D eigenvalue weighted by Crippen LogP contribution is -2.53. The number of amides is 2. The summed E-state index contributed by atoms with van der Waals surface area (Å²) in [7, 11) is -3.74. The summed E-state index contributed by atoms with van der Waals surface area (Å²) in [4.78, 5) is 28.1. The fourth-order valence-electron chi connectivity index (χ4n) is 3.80. The summed E-state index contributed by atoms with van der Waals surface area (Å²) in [6.07, 6.45) is 3.87. The van der Waals surface area contributed by atoms with Gasteiger partial charge in [0.2, 0.25) is 21.8 Å². The van der Waals surface area contributed by atoms with E-state index in [1.807, 2.05) is 51.1 Å². The van der Waals surface area contributed by atoms with E-state index in [-0.39, 0.29) is 12.5 Å². The number of nitrogens with one attached hydrogen (secondary N) is 1. The maximum absolute atomic E-state index is 13.6.